The highest BCUT2D eigenvalue weighted by Crippen LogP contribution is 2.34. The average molecular weight is 499 g/mol. The van der Waals surface area contributed by atoms with Crippen molar-refractivity contribution in [3.63, 3.8) is 0 Å². The largest absolute Gasteiger partial charge is 0.511 e. The smallest absolute Gasteiger partial charge is 0.444 e. The minimum atomic E-state index is -1.14. The van der Waals surface area contributed by atoms with Crippen LogP contribution < -0.4 is 5.32 Å². The van der Waals surface area contributed by atoms with Crippen molar-refractivity contribution in [1.82, 2.24) is 10.3 Å². The summed E-state index contributed by atoms with van der Waals surface area (Å²) in [6.45, 7) is 13.1. The minimum Gasteiger partial charge on any atom is -0.444 e. The van der Waals surface area contributed by atoms with E-state index in [0.717, 1.165) is 16.8 Å². The Labute approximate surface area is 211 Å². The van der Waals surface area contributed by atoms with Gasteiger partial charge in [0.1, 0.15) is 5.60 Å². The average Bonchev–Trinajstić information content (AvgIpc) is 3.15. The number of alkyl carbamates (subject to hydrolysis) is 1. The normalized spacial score (nSPS) is 15.3. The van der Waals surface area contributed by atoms with E-state index in [4.69, 9.17) is 23.9 Å². The standard InChI is InChI=1S/C27H34N2O7/c1-15(2)12-20-19(13-28-25(31)36-27(5,6)7)23(18-10-8-16(3)9-11-18)22(17(4)29-20)24(30)34-21-14-33-26(32)35-21/h8-11,15,21H,12-14H2,1-7H3,(H,28,31). The molecule has 1 atom stereocenters. The molecule has 1 N–H and O–H groups in total. The number of hydrogen-bond acceptors (Lipinski definition) is 8. The van der Waals surface area contributed by atoms with Gasteiger partial charge >= 0.3 is 18.2 Å². The fourth-order valence-electron chi connectivity index (χ4n) is 3.86. The Hall–Kier alpha value is -3.62. The van der Waals surface area contributed by atoms with Crippen molar-refractivity contribution < 1.29 is 33.3 Å². The highest BCUT2D eigenvalue weighted by atomic mass is 16.8. The molecular formula is C27H34N2O7. The first-order chi connectivity index (χ1) is 16.8. The number of nitrogens with zero attached hydrogens (tertiary/aromatic N) is 1. The van der Waals surface area contributed by atoms with Gasteiger partial charge in [0.05, 0.1) is 11.3 Å². The number of aromatic nitrogens is 1. The van der Waals surface area contributed by atoms with E-state index in [0.29, 0.717) is 23.2 Å². The zero-order valence-electron chi connectivity index (χ0n) is 21.9. The molecule has 1 aromatic heterocycles. The number of hydrogen-bond donors (Lipinski definition) is 1. The van der Waals surface area contributed by atoms with Crippen LogP contribution in [0.4, 0.5) is 9.59 Å². The van der Waals surface area contributed by atoms with Crippen LogP contribution in [0.25, 0.3) is 11.1 Å². The molecule has 1 aliphatic heterocycles. The number of carbonyl (C=O) groups is 3. The monoisotopic (exact) mass is 498 g/mol. The molecule has 2 heterocycles. The van der Waals surface area contributed by atoms with Crippen LogP contribution in [-0.4, -0.2) is 41.7 Å². The lowest BCUT2D eigenvalue weighted by molar-refractivity contribution is -0.0464. The van der Waals surface area contributed by atoms with E-state index in [-0.39, 0.29) is 24.6 Å². The maximum absolute atomic E-state index is 13.4. The van der Waals surface area contributed by atoms with Gasteiger partial charge in [-0.2, -0.15) is 0 Å². The number of esters is 1. The number of benzene rings is 1. The summed E-state index contributed by atoms with van der Waals surface area (Å²) in [5.41, 5.74) is 3.92. The van der Waals surface area contributed by atoms with E-state index in [9.17, 15) is 14.4 Å². The third-order valence-electron chi connectivity index (χ3n) is 5.32. The van der Waals surface area contributed by atoms with E-state index < -0.39 is 30.1 Å². The quantitative estimate of drug-likeness (QED) is 0.407. The molecule has 9 heteroatoms. The highest BCUT2D eigenvalue weighted by Gasteiger charge is 2.32. The molecular weight excluding hydrogens is 464 g/mol. The first-order valence-corrected chi connectivity index (χ1v) is 11.9. The van der Waals surface area contributed by atoms with Crippen molar-refractivity contribution in [1.29, 1.82) is 0 Å². The Bertz CT molecular complexity index is 1130. The molecule has 0 radical (unpaired) electrons. The molecule has 194 valence electrons. The van der Waals surface area contributed by atoms with Crippen molar-refractivity contribution in [2.45, 2.75) is 73.3 Å². The fraction of sp³-hybridized carbons (Fsp3) is 0.481. The van der Waals surface area contributed by atoms with Gasteiger partial charge in [0.15, 0.2) is 6.61 Å². The van der Waals surface area contributed by atoms with Gasteiger partial charge in [-0.25, -0.2) is 14.4 Å². The maximum Gasteiger partial charge on any atom is 0.511 e. The molecule has 36 heavy (non-hydrogen) atoms. The number of amides is 1. The van der Waals surface area contributed by atoms with Gasteiger partial charge < -0.3 is 24.3 Å². The van der Waals surface area contributed by atoms with Crippen LogP contribution in [0.1, 0.15) is 67.5 Å². The lowest BCUT2D eigenvalue weighted by Crippen LogP contribution is -2.33. The molecule has 0 saturated carbocycles. The highest BCUT2D eigenvalue weighted by molar-refractivity contribution is 5.99. The summed E-state index contributed by atoms with van der Waals surface area (Å²) in [5, 5.41) is 2.81. The maximum atomic E-state index is 13.4. The Morgan fingerprint density at radius 1 is 1.17 bits per heavy atom. The summed E-state index contributed by atoms with van der Waals surface area (Å²) in [7, 11) is 0. The predicted molar refractivity (Wildman–Crippen MR) is 132 cm³/mol. The van der Waals surface area contributed by atoms with Crippen LogP contribution in [0.2, 0.25) is 0 Å². The van der Waals surface area contributed by atoms with E-state index in [1.54, 1.807) is 27.7 Å². The molecule has 1 aromatic carbocycles. The number of nitrogens with one attached hydrogen (secondary N) is 1. The summed E-state index contributed by atoms with van der Waals surface area (Å²) in [6.07, 6.45) is -1.98. The molecule has 0 aliphatic carbocycles. The van der Waals surface area contributed by atoms with Crippen LogP contribution in [-0.2, 0) is 31.9 Å². The van der Waals surface area contributed by atoms with Crippen molar-refractivity contribution >= 4 is 18.2 Å². The SMILES string of the molecule is Cc1ccc(-c2c(CNC(=O)OC(C)(C)C)c(CC(C)C)nc(C)c2C(=O)OC2COC(=O)O2)cc1. The second kappa shape index (κ2) is 11.0. The van der Waals surface area contributed by atoms with Gasteiger partial charge in [0.2, 0.25) is 0 Å². The van der Waals surface area contributed by atoms with Crippen LogP contribution >= 0.6 is 0 Å². The second-order valence-electron chi connectivity index (χ2n) is 10.2. The van der Waals surface area contributed by atoms with E-state index in [2.05, 4.69) is 19.2 Å². The van der Waals surface area contributed by atoms with Crippen molar-refractivity contribution in [3.8, 4) is 11.1 Å². The first-order valence-electron chi connectivity index (χ1n) is 11.9. The van der Waals surface area contributed by atoms with E-state index in [1.165, 1.54) is 0 Å². The van der Waals surface area contributed by atoms with E-state index in [1.807, 2.05) is 31.2 Å². The molecule has 0 spiro atoms. The summed E-state index contributed by atoms with van der Waals surface area (Å²) in [6, 6.07) is 7.71. The number of aryl methyl sites for hydroxylation is 2. The third-order valence-corrected chi connectivity index (χ3v) is 5.32. The summed E-state index contributed by atoms with van der Waals surface area (Å²) < 4.78 is 20.5. The topological polar surface area (TPSA) is 113 Å². The van der Waals surface area contributed by atoms with Crippen LogP contribution in [0.3, 0.4) is 0 Å². The van der Waals surface area contributed by atoms with Gasteiger partial charge in [0.25, 0.3) is 6.29 Å². The first kappa shape index (κ1) is 27.0. The molecule has 1 saturated heterocycles. The van der Waals surface area contributed by atoms with Gasteiger partial charge in [-0.05, 0) is 52.5 Å². The molecule has 1 unspecified atom stereocenters. The third kappa shape index (κ3) is 6.96. The lowest BCUT2D eigenvalue weighted by Gasteiger charge is -2.23. The second-order valence-corrected chi connectivity index (χ2v) is 10.2. The van der Waals surface area contributed by atoms with Crippen LogP contribution in [0.5, 0.6) is 0 Å². The van der Waals surface area contributed by atoms with Crippen molar-refractivity contribution in [2.24, 2.45) is 5.92 Å². The summed E-state index contributed by atoms with van der Waals surface area (Å²) in [4.78, 5) is 41.9. The van der Waals surface area contributed by atoms with Gasteiger partial charge in [0, 0.05) is 23.4 Å². The fourth-order valence-corrected chi connectivity index (χ4v) is 3.86. The van der Waals surface area contributed by atoms with Crippen molar-refractivity contribution in [3.05, 3.63) is 52.3 Å². The number of cyclic esters (lactones) is 2. The Morgan fingerprint density at radius 2 is 1.83 bits per heavy atom. The van der Waals surface area contributed by atoms with Gasteiger partial charge in [-0.15, -0.1) is 0 Å². The number of pyridine rings is 1. The van der Waals surface area contributed by atoms with Crippen molar-refractivity contribution in [2.75, 3.05) is 6.61 Å². The Balaban J connectivity index is 2.12. The Kier molecular flexibility index (Phi) is 8.22. The number of rotatable bonds is 7. The number of ether oxygens (including phenoxy) is 4. The van der Waals surface area contributed by atoms with Gasteiger partial charge in [-0.1, -0.05) is 43.7 Å². The van der Waals surface area contributed by atoms with Gasteiger partial charge in [-0.3, -0.25) is 4.98 Å². The molecule has 1 amide bonds. The van der Waals surface area contributed by atoms with Crippen LogP contribution in [0.15, 0.2) is 24.3 Å². The molecule has 1 aliphatic rings. The lowest BCUT2D eigenvalue weighted by atomic mass is 9.89. The molecule has 1 fully saturated rings. The summed E-state index contributed by atoms with van der Waals surface area (Å²) >= 11 is 0. The molecule has 0 bridgehead atoms. The zero-order chi connectivity index (χ0) is 26.6. The molecule has 2 aromatic rings. The summed E-state index contributed by atoms with van der Waals surface area (Å²) in [5.74, 6) is -0.426. The number of carbonyl (C=O) groups excluding carboxylic acids is 3. The molecule has 9 nitrogen and oxygen atoms in total. The Morgan fingerprint density at radius 3 is 2.39 bits per heavy atom. The predicted octanol–water partition coefficient (Wildman–Crippen LogP) is 5.24. The van der Waals surface area contributed by atoms with Crippen LogP contribution in [0, 0.1) is 19.8 Å². The minimum absolute atomic E-state index is 0.0925. The van der Waals surface area contributed by atoms with E-state index >= 15 is 0 Å². The molecule has 3 rings (SSSR count). The zero-order valence-corrected chi connectivity index (χ0v) is 21.9.